The number of hydrogen-bond donors (Lipinski definition) is 0. The van der Waals surface area contributed by atoms with Crippen molar-refractivity contribution in [1.29, 1.82) is 0 Å². The molecule has 1 aliphatic rings. The van der Waals surface area contributed by atoms with Crippen molar-refractivity contribution in [1.82, 2.24) is 0 Å². The van der Waals surface area contributed by atoms with Gasteiger partial charge in [0.05, 0.1) is 0 Å². The summed E-state index contributed by atoms with van der Waals surface area (Å²) in [4.78, 5) is 15.3. The smallest absolute Gasteiger partial charge is 0.333 e. The summed E-state index contributed by atoms with van der Waals surface area (Å²) in [5, 5.41) is 0. The lowest BCUT2D eigenvalue weighted by Crippen LogP contribution is -2.18. The lowest BCUT2D eigenvalue weighted by molar-refractivity contribution is -0.139. The van der Waals surface area contributed by atoms with Crippen molar-refractivity contribution < 1.29 is 14.3 Å². The molecule has 0 aromatic rings. The van der Waals surface area contributed by atoms with E-state index >= 15 is 0 Å². The van der Waals surface area contributed by atoms with Gasteiger partial charge >= 0.3 is 5.97 Å². The lowest BCUT2D eigenvalue weighted by Gasteiger charge is -2.06. The van der Waals surface area contributed by atoms with Gasteiger partial charge in [0.2, 0.25) is 0 Å². The standard InChI is InChI=1S/C10H15NO3/c1-4-9-11-8(5-13-9)6-14-10(12)7(2)3/h8H,2,4-6H2,1,3H3. The summed E-state index contributed by atoms with van der Waals surface area (Å²) in [7, 11) is 0. The molecule has 0 saturated carbocycles. The van der Waals surface area contributed by atoms with Gasteiger partial charge in [-0.1, -0.05) is 13.5 Å². The Morgan fingerprint density at radius 3 is 3.00 bits per heavy atom. The SMILES string of the molecule is C=C(C)C(=O)OCC1COC(CC)=N1. The van der Waals surface area contributed by atoms with Crippen LogP contribution in [0.15, 0.2) is 17.1 Å². The number of carbonyl (C=O) groups excluding carboxylic acids is 1. The molecule has 1 aliphatic heterocycles. The van der Waals surface area contributed by atoms with E-state index in [2.05, 4.69) is 11.6 Å². The molecule has 1 rings (SSSR count). The molecular formula is C10H15NO3. The van der Waals surface area contributed by atoms with Crippen LogP contribution < -0.4 is 0 Å². The fourth-order valence-corrected chi connectivity index (χ4v) is 1.04. The van der Waals surface area contributed by atoms with Gasteiger partial charge in [-0.3, -0.25) is 0 Å². The molecule has 0 aliphatic carbocycles. The third kappa shape index (κ3) is 2.87. The van der Waals surface area contributed by atoms with Crippen LogP contribution in [0.3, 0.4) is 0 Å². The molecule has 0 radical (unpaired) electrons. The van der Waals surface area contributed by atoms with Gasteiger partial charge in [0.1, 0.15) is 19.3 Å². The first kappa shape index (κ1) is 10.8. The zero-order valence-electron chi connectivity index (χ0n) is 8.58. The molecule has 0 aromatic carbocycles. The molecule has 0 saturated heterocycles. The van der Waals surface area contributed by atoms with E-state index in [1.54, 1.807) is 6.92 Å². The highest BCUT2D eigenvalue weighted by molar-refractivity contribution is 5.87. The molecule has 1 unspecified atom stereocenters. The van der Waals surface area contributed by atoms with Crippen LogP contribution in [-0.4, -0.2) is 31.1 Å². The van der Waals surface area contributed by atoms with Crippen molar-refractivity contribution >= 4 is 11.9 Å². The molecule has 14 heavy (non-hydrogen) atoms. The zero-order valence-corrected chi connectivity index (χ0v) is 8.58. The highest BCUT2D eigenvalue weighted by Crippen LogP contribution is 2.07. The highest BCUT2D eigenvalue weighted by atomic mass is 16.5. The second-order valence-electron chi connectivity index (χ2n) is 3.22. The number of ether oxygens (including phenoxy) is 2. The predicted octanol–water partition coefficient (Wildman–Crippen LogP) is 1.31. The normalized spacial score (nSPS) is 19.9. The molecule has 0 amide bonds. The zero-order chi connectivity index (χ0) is 10.6. The van der Waals surface area contributed by atoms with Crippen LogP contribution in [0.5, 0.6) is 0 Å². The van der Waals surface area contributed by atoms with E-state index in [0.717, 1.165) is 12.3 Å². The Kier molecular flexibility index (Phi) is 3.68. The average molecular weight is 197 g/mol. The van der Waals surface area contributed by atoms with E-state index in [-0.39, 0.29) is 18.6 Å². The Morgan fingerprint density at radius 1 is 1.79 bits per heavy atom. The van der Waals surface area contributed by atoms with Gasteiger partial charge in [0.25, 0.3) is 0 Å². The Hall–Kier alpha value is -1.32. The van der Waals surface area contributed by atoms with Crippen LogP contribution in [0.4, 0.5) is 0 Å². The van der Waals surface area contributed by atoms with Crippen molar-refractivity contribution in [2.45, 2.75) is 26.3 Å². The van der Waals surface area contributed by atoms with Crippen LogP contribution in [-0.2, 0) is 14.3 Å². The molecule has 4 heteroatoms. The predicted molar refractivity (Wildman–Crippen MR) is 53.2 cm³/mol. The summed E-state index contributed by atoms with van der Waals surface area (Å²) in [6, 6.07) is -0.0479. The van der Waals surface area contributed by atoms with Gasteiger partial charge in [-0.15, -0.1) is 0 Å². The molecule has 78 valence electrons. The summed E-state index contributed by atoms with van der Waals surface area (Å²) < 4.78 is 10.2. The summed E-state index contributed by atoms with van der Waals surface area (Å²) in [6.45, 7) is 7.86. The minimum Gasteiger partial charge on any atom is -0.479 e. The molecule has 0 fully saturated rings. The quantitative estimate of drug-likeness (QED) is 0.504. The van der Waals surface area contributed by atoms with E-state index in [1.807, 2.05) is 6.92 Å². The minimum absolute atomic E-state index is 0.0479. The van der Waals surface area contributed by atoms with Crippen LogP contribution in [0.2, 0.25) is 0 Å². The van der Waals surface area contributed by atoms with Crippen LogP contribution in [0.25, 0.3) is 0 Å². The van der Waals surface area contributed by atoms with Crippen LogP contribution in [0.1, 0.15) is 20.3 Å². The maximum absolute atomic E-state index is 11.0. The lowest BCUT2D eigenvalue weighted by atomic mass is 10.3. The Bertz CT molecular complexity index is 271. The second kappa shape index (κ2) is 4.79. The summed E-state index contributed by atoms with van der Waals surface area (Å²) in [5.74, 6) is 0.367. The first-order valence-electron chi connectivity index (χ1n) is 4.65. The third-order valence-electron chi connectivity index (χ3n) is 1.83. The van der Waals surface area contributed by atoms with Crippen molar-refractivity contribution in [3.8, 4) is 0 Å². The van der Waals surface area contributed by atoms with E-state index in [0.29, 0.717) is 12.2 Å². The average Bonchev–Trinajstić information content (AvgIpc) is 2.61. The van der Waals surface area contributed by atoms with Gasteiger partial charge in [0, 0.05) is 12.0 Å². The van der Waals surface area contributed by atoms with Crippen molar-refractivity contribution in [2.75, 3.05) is 13.2 Å². The Morgan fingerprint density at radius 2 is 2.50 bits per heavy atom. The van der Waals surface area contributed by atoms with Crippen molar-refractivity contribution in [2.24, 2.45) is 4.99 Å². The maximum Gasteiger partial charge on any atom is 0.333 e. The van der Waals surface area contributed by atoms with Crippen LogP contribution in [0, 0.1) is 0 Å². The molecule has 0 N–H and O–H groups in total. The Balaban J connectivity index is 2.30. The number of aliphatic imine (C=N–C) groups is 1. The molecule has 1 heterocycles. The number of hydrogen-bond acceptors (Lipinski definition) is 4. The topological polar surface area (TPSA) is 47.9 Å². The van der Waals surface area contributed by atoms with Crippen LogP contribution >= 0.6 is 0 Å². The fourth-order valence-electron chi connectivity index (χ4n) is 1.04. The Labute approximate surface area is 83.6 Å². The number of rotatable bonds is 4. The number of nitrogens with zero attached hydrogens (tertiary/aromatic N) is 1. The molecule has 0 spiro atoms. The van der Waals surface area contributed by atoms with E-state index in [1.165, 1.54) is 0 Å². The van der Waals surface area contributed by atoms with Gasteiger partial charge in [-0.05, 0) is 6.92 Å². The molecule has 0 bridgehead atoms. The minimum atomic E-state index is -0.370. The van der Waals surface area contributed by atoms with E-state index in [4.69, 9.17) is 9.47 Å². The van der Waals surface area contributed by atoms with Gasteiger partial charge in [-0.2, -0.15) is 0 Å². The number of esters is 1. The van der Waals surface area contributed by atoms with E-state index in [9.17, 15) is 4.79 Å². The van der Waals surface area contributed by atoms with E-state index < -0.39 is 0 Å². The highest BCUT2D eigenvalue weighted by Gasteiger charge is 2.19. The summed E-state index contributed by atoms with van der Waals surface area (Å²) >= 11 is 0. The first-order valence-corrected chi connectivity index (χ1v) is 4.65. The molecule has 0 aromatic heterocycles. The molecule has 1 atom stereocenters. The second-order valence-corrected chi connectivity index (χ2v) is 3.22. The van der Waals surface area contributed by atoms with Gasteiger partial charge < -0.3 is 9.47 Å². The summed E-state index contributed by atoms with van der Waals surface area (Å²) in [5.41, 5.74) is 0.406. The molecule has 4 nitrogen and oxygen atoms in total. The largest absolute Gasteiger partial charge is 0.479 e. The van der Waals surface area contributed by atoms with Crippen molar-refractivity contribution in [3.05, 3.63) is 12.2 Å². The fraction of sp³-hybridized carbons (Fsp3) is 0.600. The first-order chi connectivity index (χ1) is 6.63. The third-order valence-corrected chi connectivity index (χ3v) is 1.83. The van der Waals surface area contributed by atoms with Crippen molar-refractivity contribution in [3.63, 3.8) is 0 Å². The summed E-state index contributed by atoms with van der Waals surface area (Å²) in [6.07, 6.45) is 0.783. The maximum atomic E-state index is 11.0. The number of carbonyl (C=O) groups is 1. The molecular weight excluding hydrogens is 182 g/mol. The van der Waals surface area contributed by atoms with Gasteiger partial charge in [-0.25, -0.2) is 9.79 Å². The van der Waals surface area contributed by atoms with Gasteiger partial charge in [0.15, 0.2) is 5.90 Å². The monoisotopic (exact) mass is 197 g/mol.